The summed E-state index contributed by atoms with van der Waals surface area (Å²) in [5.41, 5.74) is 0.629. The van der Waals surface area contributed by atoms with E-state index in [-0.39, 0.29) is 23.2 Å². The molecule has 1 unspecified atom stereocenters. The van der Waals surface area contributed by atoms with Crippen LogP contribution in [-0.4, -0.2) is 17.1 Å². The van der Waals surface area contributed by atoms with E-state index in [0.717, 1.165) is 50.5 Å². The van der Waals surface area contributed by atoms with Crippen LogP contribution in [0.2, 0.25) is 0 Å². The lowest BCUT2D eigenvalue weighted by atomic mass is 9.69. The van der Waals surface area contributed by atoms with Crippen LogP contribution in [0.15, 0.2) is 43.0 Å². The smallest absolute Gasteiger partial charge is 0.220 e. The summed E-state index contributed by atoms with van der Waals surface area (Å²) in [5.74, 6) is 0.884. The minimum absolute atomic E-state index is 0.0276. The molecule has 5 atom stereocenters. The van der Waals surface area contributed by atoms with Crippen LogP contribution in [0.25, 0.3) is 0 Å². The van der Waals surface area contributed by atoms with E-state index in [0.29, 0.717) is 18.3 Å². The molecular formula is C25H37NO3. The summed E-state index contributed by atoms with van der Waals surface area (Å²) in [5, 5.41) is 3.16. The van der Waals surface area contributed by atoms with Gasteiger partial charge in [-0.2, -0.15) is 0 Å². The first-order valence-electron chi connectivity index (χ1n) is 11.2. The zero-order chi connectivity index (χ0) is 20.9. The fraction of sp³-hybridized carbons (Fsp3) is 0.640. The Morgan fingerprint density at radius 1 is 1.34 bits per heavy atom. The second-order valence-electron chi connectivity index (χ2n) is 9.34. The fourth-order valence-corrected chi connectivity index (χ4v) is 5.38. The zero-order valence-electron chi connectivity index (χ0n) is 18.3. The fourth-order valence-electron chi connectivity index (χ4n) is 5.38. The van der Waals surface area contributed by atoms with Crippen molar-refractivity contribution in [3.8, 4) is 0 Å². The first-order chi connectivity index (χ1) is 13.9. The molecule has 1 spiro atoms. The number of hydrogen-bond acceptors (Lipinski definition) is 3. The Bertz CT molecular complexity index is 691. The van der Waals surface area contributed by atoms with Crippen molar-refractivity contribution in [1.82, 2.24) is 5.32 Å². The van der Waals surface area contributed by atoms with Gasteiger partial charge in [-0.15, -0.1) is 6.58 Å². The molecule has 1 saturated heterocycles. The topological polar surface area (TPSA) is 47.6 Å². The minimum Gasteiger partial charge on any atom is -0.350 e. The molecule has 1 amide bonds. The number of benzene rings is 1. The van der Waals surface area contributed by atoms with Crippen LogP contribution in [0.1, 0.15) is 83.7 Å². The highest BCUT2D eigenvalue weighted by Gasteiger charge is 2.53. The maximum Gasteiger partial charge on any atom is 0.220 e. The highest BCUT2D eigenvalue weighted by atomic mass is 17.2. The van der Waals surface area contributed by atoms with Crippen LogP contribution in [0.4, 0.5) is 0 Å². The largest absolute Gasteiger partial charge is 0.350 e. The maximum atomic E-state index is 12.7. The Morgan fingerprint density at radius 2 is 2.10 bits per heavy atom. The predicted molar refractivity (Wildman–Crippen MR) is 116 cm³/mol. The Labute approximate surface area is 176 Å². The molecule has 1 aliphatic carbocycles. The molecule has 1 N–H and O–H groups in total. The maximum absolute atomic E-state index is 12.7. The van der Waals surface area contributed by atoms with Crippen molar-refractivity contribution in [1.29, 1.82) is 0 Å². The van der Waals surface area contributed by atoms with Gasteiger partial charge < -0.3 is 5.32 Å². The molecule has 0 aromatic heterocycles. The number of amides is 1. The molecule has 1 heterocycles. The van der Waals surface area contributed by atoms with Crippen molar-refractivity contribution < 1.29 is 14.6 Å². The highest BCUT2D eigenvalue weighted by molar-refractivity contribution is 5.76. The standard InChI is InChI=1S/C25H37NO3/c1-5-11-22(6-2)24(4)18-25(29-28-24)15-10-12-20(17-25)16-23(27)26-19(3)21-13-8-7-9-14-21/h5,7-9,13-14,19-20,22H,1,6,10-12,15-18H2,2-4H3,(H,26,27)/t19-,20-,22?,24-,25+/m0/s1. The molecule has 3 rings (SSSR count). The molecular weight excluding hydrogens is 362 g/mol. The SMILES string of the molecule is C=CCC(CC)[C@]1(C)C[C@]2(CCC[C@@H](CC(=O)N[C@@H](C)c3ccccc3)C2)OO1. The minimum atomic E-state index is -0.269. The first-order valence-corrected chi connectivity index (χ1v) is 11.2. The summed E-state index contributed by atoms with van der Waals surface area (Å²) in [7, 11) is 0. The first kappa shape index (κ1) is 22.0. The van der Waals surface area contributed by atoms with Gasteiger partial charge in [0, 0.05) is 12.8 Å². The number of carbonyl (C=O) groups is 1. The van der Waals surface area contributed by atoms with Gasteiger partial charge in [-0.05, 0) is 56.9 Å². The van der Waals surface area contributed by atoms with Crippen molar-refractivity contribution in [3.05, 3.63) is 48.6 Å². The lowest BCUT2D eigenvalue weighted by molar-refractivity contribution is -0.360. The van der Waals surface area contributed by atoms with E-state index in [9.17, 15) is 4.79 Å². The van der Waals surface area contributed by atoms with Gasteiger partial charge in [0.2, 0.25) is 5.91 Å². The van der Waals surface area contributed by atoms with E-state index in [1.54, 1.807) is 0 Å². The monoisotopic (exact) mass is 399 g/mol. The molecule has 2 aliphatic rings. The Hall–Kier alpha value is -1.65. The summed E-state index contributed by atoms with van der Waals surface area (Å²) >= 11 is 0. The van der Waals surface area contributed by atoms with Gasteiger partial charge in [0.05, 0.1) is 6.04 Å². The second-order valence-corrected chi connectivity index (χ2v) is 9.34. The third-order valence-corrected chi connectivity index (χ3v) is 6.95. The van der Waals surface area contributed by atoms with Crippen molar-refractivity contribution in [2.75, 3.05) is 0 Å². The molecule has 2 fully saturated rings. The van der Waals surface area contributed by atoms with Crippen molar-refractivity contribution in [2.45, 2.75) is 89.4 Å². The molecule has 1 saturated carbocycles. The summed E-state index contributed by atoms with van der Waals surface area (Å²) in [6.07, 6.45) is 9.53. The normalized spacial score (nSPS) is 31.3. The van der Waals surface area contributed by atoms with Crippen LogP contribution in [0.5, 0.6) is 0 Å². The van der Waals surface area contributed by atoms with Crippen LogP contribution >= 0.6 is 0 Å². The van der Waals surface area contributed by atoms with Gasteiger partial charge in [-0.3, -0.25) is 4.79 Å². The molecule has 1 aromatic carbocycles. The van der Waals surface area contributed by atoms with Crippen LogP contribution in [-0.2, 0) is 14.6 Å². The van der Waals surface area contributed by atoms with E-state index in [4.69, 9.17) is 9.78 Å². The average molecular weight is 400 g/mol. The number of carbonyl (C=O) groups excluding carboxylic acids is 1. The number of hydrogen-bond donors (Lipinski definition) is 1. The second kappa shape index (κ2) is 9.44. The summed E-state index contributed by atoms with van der Waals surface area (Å²) in [4.78, 5) is 24.7. The van der Waals surface area contributed by atoms with E-state index in [2.05, 4.69) is 37.9 Å². The lowest BCUT2D eigenvalue weighted by Crippen LogP contribution is -2.40. The van der Waals surface area contributed by atoms with Crippen LogP contribution in [0, 0.1) is 11.8 Å². The van der Waals surface area contributed by atoms with Crippen molar-refractivity contribution in [2.24, 2.45) is 11.8 Å². The van der Waals surface area contributed by atoms with Gasteiger partial charge in [-0.1, -0.05) is 56.2 Å². The van der Waals surface area contributed by atoms with Gasteiger partial charge in [0.1, 0.15) is 11.2 Å². The molecule has 29 heavy (non-hydrogen) atoms. The Morgan fingerprint density at radius 3 is 2.79 bits per heavy atom. The summed E-state index contributed by atoms with van der Waals surface area (Å²) in [6.45, 7) is 10.3. The van der Waals surface area contributed by atoms with E-state index >= 15 is 0 Å². The van der Waals surface area contributed by atoms with E-state index < -0.39 is 0 Å². The molecule has 0 radical (unpaired) electrons. The van der Waals surface area contributed by atoms with E-state index in [1.807, 2.05) is 31.2 Å². The number of nitrogens with one attached hydrogen (secondary N) is 1. The molecule has 4 nitrogen and oxygen atoms in total. The predicted octanol–water partition coefficient (Wildman–Crippen LogP) is 5.90. The average Bonchev–Trinajstić information content (AvgIpc) is 3.03. The van der Waals surface area contributed by atoms with E-state index in [1.165, 1.54) is 0 Å². The Kier molecular flexibility index (Phi) is 7.18. The summed E-state index contributed by atoms with van der Waals surface area (Å²) in [6, 6.07) is 10.1. The molecule has 1 aliphatic heterocycles. The quantitative estimate of drug-likeness (QED) is 0.437. The lowest BCUT2D eigenvalue weighted by Gasteiger charge is -2.36. The molecule has 1 aromatic rings. The van der Waals surface area contributed by atoms with Gasteiger partial charge in [0.25, 0.3) is 0 Å². The Balaban J connectivity index is 1.56. The summed E-state index contributed by atoms with van der Waals surface area (Å²) < 4.78 is 0. The van der Waals surface area contributed by atoms with Gasteiger partial charge in [0.15, 0.2) is 0 Å². The van der Waals surface area contributed by atoms with Crippen molar-refractivity contribution >= 4 is 5.91 Å². The van der Waals surface area contributed by atoms with Gasteiger partial charge in [-0.25, -0.2) is 9.78 Å². The number of rotatable bonds is 8. The van der Waals surface area contributed by atoms with Gasteiger partial charge >= 0.3 is 0 Å². The van der Waals surface area contributed by atoms with Crippen LogP contribution in [0.3, 0.4) is 0 Å². The van der Waals surface area contributed by atoms with Crippen molar-refractivity contribution in [3.63, 3.8) is 0 Å². The van der Waals surface area contributed by atoms with Crippen LogP contribution < -0.4 is 5.32 Å². The zero-order valence-corrected chi connectivity index (χ0v) is 18.3. The highest BCUT2D eigenvalue weighted by Crippen LogP contribution is 2.50. The molecule has 4 heteroatoms. The molecule has 0 bridgehead atoms. The number of allylic oxidation sites excluding steroid dienone is 1. The third kappa shape index (κ3) is 5.29. The molecule has 160 valence electrons. The third-order valence-electron chi connectivity index (χ3n) is 6.95.